The monoisotopic (exact) mass is 302 g/mol. The molecule has 1 aliphatic heterocycles. The lowest BCUT2D eigenvalue weighted by Crippen LogP contribution is -2.54. The number of nitrogens with one attached hydrogen (secondary N) is 1. The van der Waals surface area contributed by atoms with Gasteiger partial charge in [0.05, 0.1) is 0 Å². The first-order valence-corrected chi connectivity index (χ1v) is 7.56. The van der Waals surface area contributed by atoms with E-state index < -0.39 is 0 Å². The summed E-state index contributed by atoms with van der Waals surface area (Å²) in [6.45, 7) is 7.93. The molecule has 2 heterocycles. The molecule has 0 spiro atoms. The van der Waals surface area contributed by atoms with E-state index in [1.54, 1.807) is 0 Å². The molecule has 16 heavy (non-hydrogen) atoms. The second-order valence-corrected chi connectivity index (χ2v) is 6.44. The van der Waals surface area contributed by atoms with Crippen LogP contribution in [0.4, 0.5) is 0 Å². The fraction of sp³-hybridized carbons (Fsp3) is 0.667. The molecule has 2 atom stereocenters. The Morgan fingerprint density at radius 2 is 2.44 bits per heavy atom. The van der Waals surface area contributed by atoms with Crippen LogP contribution < -0.4 is 5.32 Å². The molecule has 2 nitrogen and oxygen atoms in total. The van der Waals surface area contributed by atoms with Crippen LogP contribution in [0.15, 0.2) is 15.9 Å². The molecule has 1 saturated heterocycles. The summed E-state index contributed by atoms with van der Waals surface area (Å²) in [5.74, 6) is 0. The predicted octanol–water partition coefficient (Wildman–Crippen LogP) is 3.08. The minimum Gasteiger partial charge on any atom is -0.311 e. The molecule has 1 aromatic rings. The smallest absolute Gasteiger partial charge is 0.0332 e. The molecule has 0 aromatic carbocycles. The minimum absolute atomic E-state index is 0.617. The van der Waals surface area contributed by atoms with E-state index in [1.165, 1.54) is 15.8 Å². The maximum absolute atomic E-state index is 3.56. The topological polar surface area (TPSA) is 15.3 Å². The van der Waals surface area contributed by atoms with Crippen molar-refractivity contribution in [2.24, 2.45) is 0 Å². The van der Waals surface area contributed by atoms with Gasteiger partial charge in [-0.3, -0.25) is 4.90 Å². The Kier molecular flexibility index (Phi) is 4.41. The van der Waals surface area contributed by atoms with E-state index >= 15 is 0 Å². The average molecular weight is 303 g/mol. The minimum atomic E-state index is 0.617. The fourth-order valence-electron chi connectivity index (χ4n) is 2.26. The SMILES string of the molecule is CCC1CNC(C)CN1Cc1cc(Br)cs1. The van der Waals surface area contributed by atoms with Crippen LogP contribution in [0.2, 0.25) is 0 Å². The van der Waals surface area contributed by atoms with E-state index in [1.807, 2.05) is 11.3 Å². The lowest BCUT2D eigenvalue weighted by Gasteiger charge is -2.38. The third-order valence-electron chi connectivity index (χ3n) is 3.18. The van der Waals surface area contributed by atoms with Crippen molar-refractivity contribution in [2.75, 3.05) is 13.1 Å². The van der Waals surface area contributed by atoms with Crippen LogP contribution >= 0.6 is 27.3 Å². The Morgan fingerprint density at radius 1 is 1.62 bits per heavy atom. The van der Waals surface area contributed by atoms with E-state index in [0.717, 1.165) is 19.6 Å². The van der Waals surface area contributed by atoms with Crippen LogP contribution in [0.5, 0.6) is 0 Å². The largest absolute Gasteiger partial charge is 0.311 e. The maximum atomic E-state index is 3.56. The Bertz CT molecular complexity index is 340. The van der Waals surface area contributed by atoms with Gasteiger partial charge in [0.2, 0.25) is 0 Å². The first-order valence-electron chi connectivity index (χ1n) is 5.89. The highest BCUT2D eigenvalue weighted by molar-refractivity contribution is 9.10. The Hall–Kier alpha value is 0.1000. The molecule has 1 fully saturated rings. The molecule has 0 radical (unpaired) electrons. The number of nitrogens with zero attached hydrogens (tertiary/aromatic N) is 1. The predicted molar refractivity (Wildman–Crippen MR) is 74.0 cm³/mol. The Balaban J connectivity index is 2.00. The highest BCUT2D eigenvalue weighted by Gasteiger charge is 2.24. The summed E-state index contributed by atoms with van der Waals surface area (Å²) < 4.78 is 1.21. The van der Waals surface area contributed by atoms with Crippen LogP contribution in [0, 0.1) is 0 Å². The number of piperazine rings is 1. The highest BCUT2D eigenvalue weighted by Crippen LogP contribution is 2.23. The number of hydrogen-bond donors (Lipinski definition) is 1. The van der Waals surface area contributed by atoms with Gasteiger partial charge in [0.15, 0.2) is 0 Å². The normalized spacial score (nSPS) is 27.2. The summed E-state index contributed by atoms with van der Waals surface area (Å²) in [7, 11) is 0. The summed E-state index contributed by atoms with van der Waals surface area (Å²) in [5.41, 5.74) is 0. The standard InChI is InChI=1S/C12H19BrN2S/c1-3-11-5-14-9(2)6-15(11)7-12-4-10(13)8-16-12/h4,8-9,11,14H,3,5-7H2,1-2H3. The average Bonchev–Trinajstić information content (AvgIpc) is 2.64. The van der Waals surface area contributed by atoms with Crippen molar-refractivity contribution in [3.05, 3.63) is 20.8 Å². The second-order valence-electron chi connectivity index (χ2n) is 4.53. The highest BCUT2D eigenvalue weighted by atomic mass is 79.9. The summed E-state index contributed by atoms with van der Waals surface area (Å²) in [6.07, 6.45) is 1.23. The molecule has 4 heteroatoms. The molecule has 0 saturated carbocycles. The lowest BCUT2D eigenvalue weighted by molar-refractivity contribution is 0.125. The summed E-state index contributed by atoms with van der Waals surface area (Å²) in [4.78, 5) is 4.07. The van der Waals surface area contributed by atoms with Crippen molar-refractivity contribution >= 4 is 27.3 Å². The van der Waals surface area contributed by atoms with Gasteiger partial charge in [0.25, 0.3) is 0 Å². The van der Waals surface area contributed by atoms with E-state index in [-0.39, 0.29) is 0 Å². The van der Waals surface area contributed by atoms with Crippen LogP contribution in [-0.2, 0) is 6.54 Å². The van der Waals surface area contributed by atoms with Crippen LogP contribution in [0.25, 0.3) is 0 Å². The number of thiophene rings is 1. The summed E-state index contributed by atoms with van der Waals surface area (Å²) >= 11 is 5.37. The molecular formula is C12H19BrN2S. The van der Waals surface area contributed by atoms with Crippen molar-refractivity contribution in [1.29, 1.82) is 0 Å². The Morgan fingerprint density at radius 3 is 3.06 bits per heavy atom. The van der Waals surface area contributed by atoms with Crippen LogP contribution in [-0.4, -0.2) is 30.1 Å². The van der Waals surface area contributed by atoms with Gasteiger partial charge in [0.1, 0.15) is 0 Å². The van der Waals surface area contributed by atoms with Crippen LogP contribution in [0.1, 0.15) is 25.1 Å². The number of hydrogen-bond acceptors (Lipinski definition) is 3. The van der Waals surface area contributed by atoms with Gasteiger partial charge in [-0.15, -0.1) is 11.3 Å². The summed E-state index contributed by atoms with van der Waals surface area (Å²) in [6, 6.07) is 3.55. The maximum Gasteiger partial charge on any atom is 0.0332 e. The van der Waals surface area contributed by atoms with E-state index in [2.05, 4.69) is 51.4 Å². The third kappa shape index (κ3) is 3.06. The number of rotatable bonds is 3. The number of halogens is 1. The fourth-order valence-corrected chi connectivity index (χ4v) is 3.74. The zero-order chi connectivity index (χ0) is 11.5. The summed E-state index contributed by atoms with van der Waals surface area (Å²) in [5, 5.41) is 5.72. The van der Waals surface area contributed by atoms with Gasteiger partial charge in [-0.05, 0) is 35.3 Å². The van der Waals surface area contributed by atoms with E-state index in [4.69, 9.17) is 0 Å². The van der Waals surface area contributed by atoms with Gasteiger partial charge < -0.3 is 5.32 Å². The van der Waals surface area contributed by atoms with Crippen molar-refractivity contribution in [3.8, 4) is 0 Å². The van der Waals surface area contributed by atoms with Gasteiger partial charge in [0, 0.05) is 46.4 Å². The zero-order valence-corrected chi connectivity index (χ0v) is 12.3. The van der Waals surface area contributed by atoms with Crippen molar-refractivity contribution < 1.29 is 0 Å². The molecule has 0 bridgehead atoms. The lowest BCUT2D eigenvalue weighted by atomic mass is 10.1. The zero-order valence-electron chi connectivity index (χ0n) is 9.87. The van der Waals surface area contributed by atoms with Crippen LogP contribution in [0.3, 0.4) is 0 Å². The van der Waals surface area contributed by atoms with Gasteiger partial charge in [-0.1, -0.05) is 6.92 Å². The first-order chi connectivity index (χ1) is 7.69. The van der Waals surface area contributed by atoms with E-state index in [0.29, 0.717) is 12.1 Å². The molecule has 1 N–H and O–H groups in total. The molecule has 0 amide bonds. The van der Waals surface area contributed by atoms with Gasteiger partial charge in [-0.25, -0.2) is 0 Å². The Labute approximate surface area is 110 Å². The molecule has 90 valence electrons. The molecule has 0 aliphatic carbocycles. The van der Waals surface area contributed by atoms with Crippen molar-refractivity contribution in [2.45, 2.75) is 38.9 Å². The molecule has 2 unspecified atom stereocenters. The third-order valence-corrected chi connectivity index (χ3v) is 4.86. The first kappa shape index (κ1) is 12.6. The molecular weight excluding hydrogens is 284 g/mol. The molecule has 1 aliphatic rings. The second kappa shape index (κ2) is 5.63. The molecule has 2 rings (SSSR count). The van der Waals surface area contributed by atoms with Crippen molar-refractivity contribution in [3.63, 3.8) is 0 Å². The van der Waals surface area contributed by atoms with Gasteiger partial charge >= 0.3 is 0 Å². The van der Waals surface area contributed by atoms with Crippen molar-refractivity contribution in [1.82, 2.24) is 10.2 Å². The van der Waals surface area contributed by atoms with Gasteiger partial charge in [-0.2, -0.15) is 0 Å². The molecule has 1 aromatic heterocycles. The quantitative estimate of drug-likeness (QED) is 0.923. The van der Waals surface area contributed by atoms with E-state index in [9.17, 15) is 0 Å².